The minimum absolute atomic E-state index is 0.241. The molecule has 0 saturated carbocycles. The highest BCUT2D eigenvalue weighted by molar-refractivity contribution is 5.68. The maximum absolute atomic E-state index is 11.5. The lowest BCUT2D eigenvalue weighted by molar-refractivity contribution is 0.0501. The van der Waals surface area contributed by atoms with Gasteiger partial charge in [0.1, 0.15) is 5.60 Å². The Morgan fingerprint density at radius 3 is 2.69 bits per heavy atom. The number of hydrogen-bond acceptors (Lipinski definition) is 2. The third kappa shape index (κ3) is 4.69. The van der Waals surface area contributed by atoms with E-state index in [1.807, 2.05) is 20.8 Å². The Hall–Kier alpha value is -0.990. The number of carbonyl (C=O) groups is 1. The first kappa shape index (κ1) is 13.1. The van der Waals surface area contributed by atoms with Crippen LogP contribution in [0.1, 0.15) is 53.4 Å². The van der Waals surface area contributed by atoms with Crippen molar-refractivity contribution < 1.29 is 9.53 Å². The first-order chi connectivity index (χ1) is 7.40. The standard InChI is InChI=1S/C13H23NO2/c1-5-10-6-8-11(9-7-10)14-12(15)16-13(2,3)4/h6,11H,5,7-9H2,1-4H3,(H,14,15). The lowest BCUT2D eigenvalue weighted by atomic mass is 9.94. The van der Waals surface area contributed by atoms with Gasteiger partial charge in [-0.15, -0.1) is 0 Å². The maximum atomic E-state index is 11.5. The zero-order valence-corrected chi connectivity index (χ0v) is 10.8. The van der Waals surface area contributed by atoms with E-state index in [4.69, 9.17) is 4.74 Å². The van der Waals surface area contributed by atoms with Crippen molar-refractivity contribution in [2.75, 3.05) is 0 Å². The summed E-state index contributed by atoms with van der Waals surface area (Å²) in [4.78, 5) is 11.5. The smallest absolute Gasteiger partial charge is 0.407 e. The number of ether oxygens (including phenoxy) is 1. The van der Waals surface area contributed by atoms with Gasteiger partial charge in [-0.1, -0.05) is 18.6 Å². The molecule has 0 aromatic heterocycles. The van der Waals surface area contributed by atoms with Gasteiger partial charge in [0.05, 0.1) is 0 Å². The molecule has 1 rings (SSSR count). The van der Waals surface area contributed by atoms with Gasteiger partial charge in [0.25, 0.3) is 0 Å². The number of nitrogens with one attached hydrogen (secondary N) is 1. The van der Waals surface area contributed by atoms with Gasteiger partial charge in [-0.25, -0.2) is 4.79 Å². The largest absolute Gasteiger partial charge is 0.444 e. The Labute approximate surface area is 98.2 Å². The maximum Gasteiger partial charge on any atom is 0.407 e. The van der Waals surface area contributed by atoms with E-state index in [0.717, 1.165) is 25.7 Å². The molecule has 1 unspecified atom stereocenters. The quantitative estimate of drug-likeness (QED) is 0.731. The normalized spacial score (nSPS) is 21.2. The van der Waals surface area contributed by atoms with Gasteiger partial charge >= 0.3 is 6.09 Å². The highest BCUT2D eigenvalue weighted by Crippen LogP contribution is 2.20. The zero-order valence-electron chi connectivity index (χ0n) is 10.8. The van der Waals surface area contributed by atoms with Crippen molar-refractivity contribution >= 4 is 6.09 Å². The van der Waals surface area contributed by atoms with Gasteiger partial charge in [-0.05, 0) is 46.5 Å². The summed E-state index contributed by atoms with van der Waals surface area (Å²) in [6, 6.07) is 0.241. The predicted octanol–water partition coefficient (Wildman–Crippen LogP) is 3.40. The van der Waals surface area contributed by atoms with Crippen LogP contribution in [0.15, 0.2) is 11.6 Å². The monoisotopic (exact) mass is 225 g/mol. The molecule has 1 N–H and O–H groups in total. The van der Waals surface area contributed by atoms with Crippen molar-refractivity contribution in [2.24, 2.45) is 0 Å². The Kier molecular flexibility index (Phi) is 4.39. The third-order valence-corrected chi connectivity index (χ3v) is 2.68. The molecule has 0 bridgehead atoms. The molecule has 0 heterocycles. The number of alkyl carbamates (subject to hydrolysis) is 1. The molecule has 3 nitrogen and oxygen atoms in total. The van der Waals surface area contributed by atoms with Gasteiger partial charge in [-0.2, -0.15) is 0 Å². The van der Waals surface area contributed by atoms with E-state index in [9.17, 15) is 4.79 Å². The van der Waals surface area contributed by atoms with Crippen LogP contribution >= 0.6 is 0 Å². The minimum Gasteiger partial charge on any atom is -0.444 e. The number of hydrogen-bond donors (Lipinski definition) is 1. The molecule has 0 fully saturated rings. The van der Waals surface area contributed by atoms with Gasteiger partial charge in [0.15, 0.2) is 0 Å². The van der Waals surface area contributed by atoms with Gasteiger partial charge in [0, 0.05) is 6.04 Å². The molecule has 92 valence electrons. The predicted molar refractivity (Wildman–Crippen MR) is 65.4 cm³/mol. The number of amides is 1. The number of allylic oxidation sites excluding steroid dienone is 1. The van der Waals surface area contributed by atoms with Crippen molar-refractivity contribution in [3.63, 3.8) is 0 Å². The van der Waals surface area contributed by atoms with Gasteiger partial charge in [-0.3, -0.25) is 0 Å². The van der Waals surface area contributed by atoms with Gasteiger partial charge < -0.3 is 10.1 Å². The van der Waals surface area contributed by atoms with Crippen LogP contribution in [0.4, 0.5) is 4.79 Å². The number of rotatable bonds is 2. The van der Waals surface area contributed by atoms with E-state index in [1.165, 1.54) is 5.57 Å². The van der Waals surface area contributed by atoms with Crippen LogP contribution in [-0.4, -0.2) is 17.7 Å². The summed E-state index contributed by atoms with van der Waals surface area (Å²) in [5.41, 5.74) is 1.09. The van der Waals surface area contributed by atoms with Crippen LogP contribution < -0.4 is 5.32 Å². The Morgan fingerprint density at radius 1 is 1.56 bits per heavy atom. The number of carbonyl (C=O) groups excluding carboxylic acids is 1. The Balaban J connectivity index is 2.34. The lowest BCUT2D eigenvalue weighted by Gasteiger charge is -2.25. The molecule has 3 heteroatoms. The van der Waals surface area contributed by atoms with Crippen LogP contribution in [0.2, 0.25) is 0 Å². The summed E-state index contributed by atoms with van der Waals surface area (Å²) in [7, 11) is 0. The molecule has 0 aromatic carbocycles. The summed E-state index contributed by atoms with van der Waals surface area (Å²) < 4.78 is 5.22. The Morgan fingerprint density at radius 2 is 2.25 bits per heavy atom. The molecular weight excluding hydrogens is 202 g/mol. The third-order valence-electron chi connectivity index (χ3n) is 2.68. The first-order valence-corrected chi connectivity index (χ1v) is 6.08. The molecule has 0 radical (unpaired) electrons. The molecule has 1 aliphatic rings. The van der Waals surface area contributed by atoms with Crippen LogP contribution in [-0.2, 0) is 4.74 Å². The second-order valence-electron chi connectivity index (χ2n) is 5.33. The van der Waals surface area contributed by atoms with Crippen molar-refractivity contribution in [3.8, 4) is 0 Å². The SMILES string of the molecule is CCC1=CCC(NC(=O)OC(C)(C)C)CC1. The average molecular weight is 225 g/mol. The first-order valence-electron chi connectivity index (χ1n) is 6.08. The highest BCUT2D eigenvalue weighted by atomic mass is 16.6. The van der Waals surface area contributed by atoms with E-state index in [2.05, 4.69) is 18.3 Å². The fourth-order valence-electron chi connectivity index (χ4n) is 1.81. The molecule has 1 aliphatic carbocycles. The summed E-state index contributed by atoms with van der Waals surface area (Å²) >= 11 is 0. The molecule has 1 atom stereocenters. The second kappa shape index (κ2) is 5.37. The van der Waals surface area contributed by atoms with Crippen molar-refractivity contribution in [1.29, 1.82) is 0 Å². The summed E-state index contributed by atoms with van der Waals surface area (Å²) in [6.45, 7) is 7.81. The minimum atomic E-state index is -0.414. The average Bonchev–Trinajstić information content (AvgIpc) is 2.16. The van der Waals surface area contributed by atoms with Crippen LogP contribution in [0.3, 0.4) is 0 Å². The van der Waals surface area contributed by atoms with Crippen LogP contribution in [0.5, 0.6) is 0 Å². The highest BCUT2D eigenvalue weighted by Gasteiger charge is 2.20. The molecule has 0 aliphatic heterocycles. The fourth-order valence-corrected chi connectivity index (χ4v) is 1.81. The second-order valence-corrected chi connectivity index (χ2v) is 5.33. The van der Waals surface area contributed by atoms with E-state index in [1.54, 1.807) is 0 Å². The molecule has 16 heavy (non-hydrogen) atoms. The van der Waals surface area contributed by atoms with Crippen molar-refractivity contribution in [3.05, 3.63) is 11.6 Å². The topological polar surface area (TPSA) is 38.3 Å². The van der Waals surface area contributed by atoms with Crippen LogP contribution in [0.25, 0.3) is 0 Å². The van der Waals surface area contributed by atoms with E-state index in [-0.39, 0.29) is 12.1 Å². The summed E-state index contributed by atoms with van der Waals surface area (Å²) in [6.07, 6.45) is 6.12. The zero-order chi connectivity index (χ0) is 12.2. The lowest BCUT2D eigenvalue weighted by Crippen LogP contribution is -2.39. The molecule has 0 spiro atoms. The van der Waals surface area contributed by atoms with Gasteiger partial charge in [0.2, 0.25) is 0 Å². The molecule has 0 saturated heterocycles. The van der Waals surface area contributed by atoms with E-state index in [0.29, 0.717) is 0 Å². The summed E-state index contributed by atoms with van der Waals surface area (Å²) in [5, 5.41) is 2.91. The fraction of sp³-hybridized carbons (Fsp3) is 0.769. The van der Waals surface area contributed by atoms with E-state index < -0.39 is 5.60 Å². The summed E-state index contributed by atoms with van der Waals surface area (Å²) in [5.74, 6) is 0. The van der Waals surface area contributed by atoms with Crippen molar-refractivity contribution in [2.45, 2.75) is 65.0 Å². The molecule has 1 amide bonds. The van der Waals surface area contributed by atoms with Crippen LogP contribution in [0, 0.1) is 0 Å². The Bertz CT molecular complexity index is 276. The van der Waals surface area contributed by atoms with Crippen molar-refractivity contribution in [1.82, 2.24) is 5.32 Å². The molecule has 0 aromatic rings. The van der Waals surface area contributed by atoms with E-state index >= 15 is 0 Å². The molecular formula is C13H23NO2.